The SMILES string of the molecule is O=C(Nc1ccc2ccccc2c1)c1cnccc1Cl. The van der Waals surface area contributed by atoms with Gasteiger partial charge in [-0.25, -0.2) is 0 Å². The van der Waals surface area contributed by atoms with Crippen LogP contribution >= 0.6 is 11.6 Å². The Kier molecular flexibility index (Phi) is 3.35. The van der Waals surface area contributed by atoms with E-state index < -0.39 is 0 Å². The first-order valence-corrected chi connectivity index (χ1v) is 6.51. The van der Waals surface area contributed by atoms with Gasteiger partial charge in [-0.2, -0.15) is 0 Å². The van der Waals surface area contributed by atoms with Gasteiger partial charge in [0.1, 0.15) is 0 Å². The molecule has 0 bridgehead atoms. The number of hydrogen-bond acceptors (Lipinski definition) is 2. The summed E-state index contributed by atoms with van der Waals surface area (Å²) in [5.41, 5.74) is 1.09. The van der Waals surface area contributed by atoms with Gasteiger partial charge in [0.25, 0.3) is 5.91 Å². The van der Waals surface area contributed by atoms with Crippen molar-refractivity contribution in [1.82, 2.24) is 4.98 Å². The molecular formula is C16H11ClN2O. The van der Waals surface area contributed by atoms with Crippen molar-refractivity contribution in [3.63, 3.8) is 0 Å². The first kappa shape index (κ1) is 12.6. The normalized spacial score (nSPS) is 10.4. The minimum atomic E-state index is -0.265. The van der Waals surface area contributed by atoms with Gasteiger partial charge in [-0.05, 0) is 29.0 Å². The Morgan fingerprint density at radius 2 is 1.85 bits per heavy atom. The molecule has 1 heterocycles. The van der Waals surface area contributed by atoms with E-state index in [4.69, 9.17) is 11.6 Å². The lowest BCUT2D eigenvalue weighted by Crippen LogP contribution is -2.12. The van der Waals surface area contributed by atoms with E-state index in [-0.39, 0.29) is 5.91 Å². The maximum atomic E-state index is 12.1. The van der Waals surface area contributed by atoms with Crippen LogP contribution in [0.2, 0.25) is 5.02 Å². The van der Waals surface area contributed by atoms with Crippen molar-refractivity contribution in [1.29, 1.82) is 0 Å². The molecule has 20 heavy (non-hydrogen) atoms. The number of fused-ring (bicyclic) bond motifs is 1. The summed E-state index contributed by atoms with van der Waals surface area (Å²) < 4.78 is 0. The Balaban J connectivity index is 1.89. The zero-order valence-corrected chi connectivity index (χ0v) is 11.3. The van der Waals surface area contributed by atoms with Gasteiger partial charge in [0.15, 0.2) is 0 Å². The smallest absolute Gasteiger partial charge is 0.258 e. The average molecular weight is 283 g/mol. The van der Waals surface area contributed by atoms with Gasteiger partial charge in [0, 0.05) is 18.1 Å². The van der Waals surface area contributed by atoms with Crippen LogP contribution in [-0.2, 0) is 0 Å². The highest BCUT2D eigenvalue weighted by atomic mass is 35.5. The van der Waals surface area contributed by atoms with Crippen LogP contribution in [0.15, 0.2) is 60.9 Å². The van der Waals surface area contributed by atoms with E-state index in [9.17, 15) is 4.79 Å². The molecule has 0 aliphatic carbocycles. The maximum absolute atomic E-state index is 12.1. The van der Waals surface area contributed by atoms with Gasteiger partial charge in [0.05, 0.1) is 10.6 Å². The number of pyridine rings is 1. The van der Waals surface area contributed by atoms with Crippen LogP contribution in [0.1, 0.15) is 10.4 Å². The summed E-state index contributed by atoms with van der Waals surface area (Å²) in [4.78, 5) is 16.0. The fourth-order valence-corrected chi connectivity index (χ4v) is 2.20. The van der Waals surface area contributed by atoms with Crippen LogP contribution in [0.4, 0.5) is 5.69 Å². The number of amides is 1. The van der Waals surface area contributed by atoms with Crippen LogP contribution in [0.3, 0.4) is 0 Å². The van der Waals surface area contributed by atoms with E-state index in [1.807, 2.05) is 42.5 Å². The molecule has 0 aliphatic heterocycles. The number of halogens is 1. The summed E-state index contributed by atoms with van der Waals surface area (Å²) in [5.74, 6) is -0.265. The number of hydrogen-bond donors (Lipinski definition) is 1. The third-order valence-electron chi connectivity index (χ3n) is 3.02. The summed E-state index contributed by atoms with van der Waals surface area (Å²) in [6, 6.07) is 15.3. The fourth-order valence-electron chi connectivity index (χ4n) is 2.01. The number of rotatable bonds is 2. The van der Waals surface area contributed by atoms with E-state index in [1.165, 1.54) is 6.20 Å². The summed E-state index contributed by atoms with van der Waals surface area (Å²) in [6.07, 6.45) is 3.01. The molecule has 1 aromatic heterocycles. The van der Waals surface area contributed by atoms with E-state index in [1.54, 1.807) is 12.3 Å². The average Bonchev–Trinajstić information content (AvgIpc) is 2.47. The van der Waals surface area contributed by atoms with Gasteiger partial charge in [0.2, 0.25) is 0 Å². The summed E-state index contributed by atoms with van der Waals surface area (Å²) >= 11 is 5.98. The van der Waals surface area contributed by atoms with Crippen molar-refractivity contribution in [3.05, 3.63) is 71.5 Å². The quantitative estimate of drug-likeness (QED) is 0.767. The first-order chi connectivity index (χ1) is 9.74. The minimum absolute atomic E-state index is 0.265. The molecule has 1 N–H and O–H groups in total. The number of aromatic nitrogens is 1. The zero-order valence-electron chi connectivity index (χ0n) is 10.5. The van der Waals surface area contributed by atoms with E-state index in [0.29, 0.717) is 10.6 Å². The molecule has 0 unspecified atom stereocenters. The van der Waals surface area contributed by atoms with E-state index in [0.717, 1.165) is 16.5 Å². The molecule has 0 atom stereocenters. The lowest BCUT2D eigenvalue weighted by molar-refractivity contribution is 0.102. The number of nitrogens with zero attached hydrogens (tertiary/aromatic N) is 1. The number of carbonyl (C=O) groups excluding carboxylic acids is 1. The van der Waals surface area contributed by atoms with Gasteiger partial charge in [-0.15, -0.1) is 0 Å². The van der Waals surface area contributed by atoms with Gasteiger partial charge in [-0.3, -0.25) is 9.78 Å². The minimum Gasteiger partial charge on any atom is -0.322 e. The molecule has 0 aliphatic rings. The van der Waals surface area contributed by atoms with E-state index in [2.05, 4.69) is 10.3 Å². The topological polar surface area (TPSA) is 42.0 Å². The Morgan fingerprint density at radius 3 is 2.65 bits per heavy atom. The second-order valence-corrected chi connectivity index (χ2v) is 4.78. The van der Waals surface area contributed by atoms with Gasteiger partial charge >= 0.3 is 0 Å². The summed E-state index contributed by atoms with van der Waals surface area (Å²) in [7, 11) is 0. The van der Waals surface area contributed by atoms with Crippen LogP contribution in [0, 0.1) is 0 Å². The summed E-state index contributed by atoms with van der Waals surface area (Å²) in [6.45, 7) is 0. The third-order valence-corrected chi connectivity index (χ3v) is 3.35. The second-order valence-electron chi connectivity index (χ2n) is 4.37. The number of nitrogens with one attached hydrogen (secondary N) is 1. The Bertz CT molecular complexity index is 786. The molecule has 3 rings (SSSR count). The largest absolute Gasteiger partial charge is 0.322 e. The van der Waals surface area contributed by atoms with Crippen LogP contribution in [0.25, 0.3) is 10.8 Å². The van der Waals surface area contributed by atoms with Crippen LogP contribution in [-0.4, -0.2) is 10.9 Å². The molecule has 3 nitrogen and oxygen atoms in total. The van der Waals surface area contributed by atoms with E-state index >= 15 is 0 Å². The fraction of sp³-hybridized carbons (Fsp3) is 0. The zero-order chi connectivity index (χ0) is 13.9. The molecule has 3 aromatic rings. The summed E-state index contributed by atoms with van der Waals surface area (Å²) in [5, 5.41) is 5.42. The number of benzene rings is 2. The molecule has 0 spiro atoms. The predicted molar refractivity (Wildman–Crippen MR) is 81.1 cm³/mol. The monoisotopic (exact) mass is 282 g/mol. The standard InChI is InChI=1S/C16H11ClN2O/c17-15-7-8-18-10-14(15)16(20)19-13-6-5-11-3-1-2-4-12(11)9-13/h1-10H,(H,19,20). The predicted octanol–water partition coefficient (Wildman–Crippen LogP) is 4.14. The Labute approximate surface area is 121 Å². The lowest BCUT2D eigenvalue weighted by atomic mass is 10.1. The maximum Gasteiger partial charge on any atom is 0.258 e. The highest BCUT2D eigenvalue weighted by Crippen LogP contribution is 2.20. The Hall–Kier alpha value is -2.39. The highest BCUT2D eigenvalue weighted by Gasteiger charge is 2.10. The van der Waals surface area contributed by atoms with Gasteiger partial charge < -0.3 is 5.32 Å². The molecule has 4 heteroatoms. The third kappa shape index (κ3) is 2.49. The molecular weight excluding hydrogens is 272 g/mol. The van der Waals surface area contributed by atoms with Crippen LogP contribution in [0.5, 0.6) is 0 Å². The molecule has 98 valence electrons. The molecule has 0 fully saturated rings. The van der Waals surface area contributed by atoms with Crippen molar-refractivity contribution < 1.29 is 4.79 Å². The molecule has 1 amide bonds. The van der Waals surface area contributed by atoms with Gasteiger partial charge in [-0.1, -0.05) is 41.9 Å². The lowest BCUT2D eigenvalue weighted by Gasteiger charge is -2.07. The highest BCUT2D eigenvalue weighted by molar-refractivity contribution is 6.34. The number of carbonyl (C=O) groups is 1. The molecule has 2 aromatic carbocycles. The second kappa shape index (κ2) is 5.31. The van der Waals surface area contributed by atoms with Crippen molar-refractivity contribution in [2.75, 3.05) is 5.32 Å². The molecule has 0 saturated carbocycles. The van der Waals surface area contributed by atoms with Crippen molar-refractivity contribution in [2.45, 2.75) is 0 Å². The number of anilines is 1. The van der Waals surface area contributed by atoms with Crippen molar-refractivity contribution >= 4 is 34.0 Å². The molecule has 0 saturated heterocycles. The van der Waals surface area contributed by atoms with Crippen molar-refractivity contribution in [3.8, 4) is 0 Å². The first-order valence-electron chi connectivity index (χ1n) is 6.14. The van der Waals surface area contributed by atoms with Crippen LogP contribution < -0.4 is 5.32 Å². The Morgan fingerprint density at radius 1 is 1.05 bits per heavy atom. The van der Waals surface area contributed by atoms with Crippen molar-refractivity contribution in [2.24, 2.45) is 0 Å². The molecule has 0 radical (unpaired) electrons.